The standard InChI is InChI=1S/C30H29N3O6/c1-5-38-27-16-21(7-13-26(27)39-18-28(34)33-25-12-6-19(2)14-20(25)3)15-23(17-31)29(35)32-24-10-8-22(9-11-24)30(36)37-4/h6-16H,5,18H2,1-4H3,(H,32,35)(H,33,34)/b23-15-. The Morgan fingerprint density at radius 1 is 0.923 bits per heavy atom. The number of esters is 1. The summed E-state index contributed by atoms with van der Waals surface area (Å²) in [6.45, 7) is 5.81. The van der Waals surface area contributed by atoms with E-state index in [2.05, 4.69) is 15.4 Å². The van der Waals surface area contributed by atoms with Gasteiger partial charge in [-0.15, -0.1) is 0 Å². The van der Waals surface area contributed by atoms with Crippen molar-refractivity contribution in [1.82, 2.24) is 0 Å². The number of aryl methyl sites for hydroxylation is 2. The quantitative estimate of drug-likeness (QED) is 0.215. The highest BCUT2D eigenvalue weighted by molar-refractivity contribution is 6.09. The van der Waals surface area contributed by atoms with Crippen LogP contribution in [0, 0.1) is 25.2 Å². The molecule has 0 atom stereocenters. The Morgan fingerprint density at radius 2 is 1.67 bits per heavy atom. The zero-order valence-electron chi connectivity index (χ0n) is 22.2. The van der Waals surface area contributed by atoms with Gasteiger partial charge in [0.15, 0.2) is 18.1 Å². The second-order valence-electron chi connectivity index (χ2n) is 8.49. The molecule has 0 fully saturated rings. The van der Waals surface area contributed by atoms with Gasteiger partial charge in [0.2, 0.25) is 0 Å². The first-order chi connectivity index (χ1) is 18.7. The zero-order valence-corrected chi connectivity index (χ0v) is 22.2. The predicted molar refractivity (Wildman–Crippen MR) is 148 cm³/mol. The Labute approximate surface area is 227 Å². The molecular weight excluding hydrogens is 498 g/mol. The van der Waals surface area contributed by atoms with E-state index in [1.54, 1.807) is 25.1 Å². The number of nitriles is 1. The Bertz CT molecular complexity index is 1440. The van der Waals surface area contributed by atoms with Gasteiger partial charge in [0.05, 0.1) is 19.3 Å². The van der Waals surface area contributed by atoms with E-state index in [9.17, 15) is 19.6 Å². The molecule has 0 aliphatic heterocycles. The molecule has 9 nitrogen and oxygen atoms in total. The number of methoxy groups -OCH3 is 1. The summed E-state index contributed by atoms with van der Waals surface area (Å²) >= 11 is 0. The second-order valence-corrected chi connectivity index (χ2v) is 8.49. The summed E-state index contributed by atoms with van der Waals surface area (Å²) in [6.07, 6.45) is 1.41. The van der Waals surface area contributed by atoms with Gasteiger partial charge in [0.25, 0.3) is 11.8 Å². The van der Waals surface area contributed by atoms with Gasteiger partial charge in [-0.3, -0.25) is 9.59 Å². The maximum atomic E-state index is 12.7. The molecule has 0 heterocycles. The summed E-state index contributed by atoms with van der Waals surface area (Å²) in [6, 6.07) is 18.6. The van der Waals surface area contributed by atoms with E-state index in [4.69, 9.17) is 9.47 Å². The third-order valence-corrected chi connectivity index (χ3v) is 5.52. The molecule has 0 aliphatic carbocycles. The number of hydrogen-bond acceptors (Lipinski definition) is 7. The molecule has 0 unspecified atom stereocenters. The molecule has 0 saturated carbocycles. The SMILES string of the molecule is CCOc1cc(/C=C(/C#N)C(=O)Nc2ccc(C(=O)OC)cc2)ccc1OCC(=O)Nc1ccc(C)cc1C. The van der Waals surface area contributed by atoms with Crippen LogP contribution >= 0.6 is 0 Å². The molecule has 0 bridgehead atoms. The van der Waals surface area contributed by atoms with E-state index in [1.165, 1.54) is 37.5 Å². The lowest BCUT2D eigenvalue weighted by molar-refractivity contribution is -0.118. The predicted octanol–water partition coefficient (Wildman–Crippen LogP) is 5.05. The monoisotopic (exact) mass is 527 g/mol. The van der Waals surface area contributed by atoms with Crippen LogP contribution in [0.1, 0.15) is 34.0 Å². The van der Waals surface area contributed by atoms with Crippen LogP contribution in [0.5, 0.6) is 11.5 Å². The van der Waals surface area contributed by atoms with Crippen molar-refractivity contribution in [3.05, 3.63) is 88.5 Å². The number of hydrogen-bond donors (Lipinski definition) is 2. The molecule has 3 aromatic rings. The number of anilines is 2. The Kier molecular flexibility index (Phi) is 9.82. The van der Waals surface area contributed by atoms with Gasteiger partial charge in [0, 0.05) is 11.4 Å². The van der Waals surface area contributed by atoms with Crippen molar-refractivity contribution < 1.29 is 28.6 Å². The Balaban J connectivity index is 1.70. The number of rotatable bonds is 10. The molecular formula is C30H29N3O6. The van der Waals surface area contributed by atoms with Crippen LogP contribution in [0.15, 0.2) is 66.2 Å². The van der Waals surface area contributed by atoms with E-state index in [1.807, 2.05) is 38.1 Å². The van der Waals surface area contributed by atoms with Crippen LogP contribution < -0.4 is 20.1 Å². The van der Waals surface area contributed by atoms with Crippen molar-refractivity contribution in [2.45, 2.75) is 20.8 Å². The molecule has 0 spiro atoms. The van der Waals surface area contributed by atoms with E-state index in [0.717, 1.165) is 11.1 Å². The maximum absolute atomic E-state index is 12.7. The summed E-state index contributed by atoms with van der Waals surface area (Å²) < 4.78 is 16.0. The largest absolute Gasteiger partial charge is 0.490 e. The fourth-order valence-electron chi connectivity index (χ4n) is 3.61. The summed E-state index contributed by atoms with van der Waals surface area (Å²) in [7, 11) is 1.28. The fraction of sp³-hybridized carbons (Fsp3) is 0.200. The van der Waals surface area contributed by atoms with Crippen LogP contribution in [0.4, 0.5) is 11.4 Å². The molecule has 0 aliphatic rings. The van der Waals surface area contributed by atoms with Gasteiger partial charge in [-0.2, -0.15) is 5.26 Å². The highest BCUT2D eigenvalue weighted by Crippen LogP contribution is 2.29. The molecule has 0 saturated heterocycles. The first-order valence-electron chi connectivity index (χ1n) is 12.1. The highest BCUT2D eigenvalue weighted by Gasteiger charge is 2.14. The van der Waals surface area contributed by atoms with Crippen molar-refractivity contribution in [3.63, 3.8) is 0 Å². The molecule has 0 radical (unpaired) electrons. The minimum Gasteiger partial charge on any atom is -0.490 e. The molecule has 200 valence electrons. The van der Waals surface area contributed by atoms with Crippen molar-refractivity contribution in [3.8, 4) is 17.6 Å². The van der Waals surface area contributed by atoms with Gasteiger partial charge in [-0.05, 0) is 80.4 Å². The minimum atomic E-state index is -0.621. The van der Waals surface area contributed by atoms with Crippen molar-refractivity contribution in [2.24, 2.45) is 0 Å². The van der Waals surface area contributed by atoms with Crippen LogP contribution in [0.2, 0.25) is 0 Å². The Hall–Kier alpha value is -5.10. The van der Waals surface area contributed by atoms with Crippen molar-refractivity contribution in [1.29, 1.82) is 5.26 Å². The molecule has 0 aromatic heterocycles. The van der Waals surface area contributed by atoms with Gasteiger partial charge in [-0.25, -0.2) is 4.79 Å². The van der Waals surface area contributed by atoms with Crippen molar-refractivity contribution >= 4 is 35.2 Å². The van der Waals surface area contributed by atoms with E-state index in [-0.39, 0.29) is 18.1 Å². The number of nitrogens with one attached hydrogen (secondary N) is 2. The van der Waals surface area contributed by atoms with Gasteiger partial charge in [-0.1, -0.05) is 23.8 Å². The van der Waals surface area contributed by atoms with Crippen LogP contribution in [0.3, 0.4) is 0 Å². The lowest BCUT2D eigenvalue weighted by atomic mass is 10.1. The average molecular weight is 528 g/mol. The summed E-state index contributed by atoms with van der Waals surface area (Å²) in [5, 5.41) is 15.0. The fourth-order valence-corrected chi connectivity index (χ4v) is 3.61. The average Bonchev–Trinajstić information content (AvgIpc) is 2.92. The molecule has 3 aromatic carbocycles. The number of nitrogens with zero attached hydrogens (tertiary/aromatic N) is 1. The normalized spacial score (nSPS) is 10.7. The minimum absolute atomic E-state index is 0.143. The molecule has 2 amide bonds. The second kappa shape index (κ2) is 13.4. The molecule has 9 heteroatoms. The van der Waals surface area contributed by atoms with Gasteiger partial charge < -0.3 is 24.8 Å². The zero-order chi connectivity index (χ0) is 28.4. The number of ether oxygens (including phenoxy) is 3. The lowest BCUT2D eigenvalue weighted by Gasteiger charge is -2.14. The van der Waals surface area contributed by atoms with Crippen molar-refractivity contribution in [2.75, 3.05) is 31.0 Å². The number of carbonyl (C=O) groups excluding carboxylic acids is 3. The number of carbonyl (C=O) groups is 3. The Morgan fingerprint density at radius 3 is 2.31 bits per heavy atom. The number of amides is 2. The van der Waals surface area contributed by atoms with Crippen LogP contribution in [0.25, 0.3) is 6.08 Å². The molecule has 3 rings (SSSR count). The number of benzene rings is 3. The smallest absolute Gasteiger partial charge is 0.337 e. The lowest BCUT2D eigenvalue weighted by Crippen LogP contribution is -2.21. The molecule has 39 heavy (non-hydrogen) atoms. The van der Waals surface area contributed by atoms with E-state index >= 15 is 0 Å². The maximum Gasteiger partial charge on any atom is 0.337 e. The van der Waals surface area contributed by atoms with E-state index in [0.29, 0.717) is 40.6 Å². The van der Waals surface area contributed by atoms with E-state index < -0.39 is 11.9 Å². The highest BCUT2D eigenvalue weighted by atomic mass is 16.5. The third kappa shape index (κ3) is 7.94. The third-order valence-electron chi connectivity index (χ3n) is 5.52. The topological polar surface area (TPSA) is 127 Å². The van der Waals surface area contributed by atoms with Gasteiger partial charge >= 0.3 is 5.97 Å². The summed E-state index contributed by atoms with van der Waals surface area (Å²) in [5.74, 6) is -0.730. The molecule has 2 N–H and O–H groups in total. The van der Waals surface area contributed by atoms with Crippen LogP contribution in [-0.4, -0.2) is 38.1 Å². The summed E-state index contributed by atoms with van der Waals surface area (Å²) in [5.41, 5.74) is 3.89. The first-order valence-corrected chi connectivity index (χ1v) is 12.1. The van der Waals surface area contributed by atoms with Gasteiger partial charge in [0.1, 0.15) is 11.6 Å². The van der Waals surface area contributed by atoms with Crippen LogP contribution in [-0.2, 0) is 14.3 Å². The first kappa shape index (κ1) is 28.5. The summed E-state index contributed by atoms with van der Waals surface area (Å²) in [4.78, 5) is 36.7.